The average molecular weight is 311 g/mol. The molecule has 0 saturated carbocycles. The lowest BCUT2D eigenvalue weighted by atomic mass is 10.1. The Labute approximate surface area is 132 Å². The Kier molecular flexibility index (Phi) is 4.16. The summed E-state index contributed by atoms with van der Waals surface area (Å²) in [6.45, 7) is 4.02. The molecule has 0 amide bonds. The number of benzene rings is 1. The van der Waals surface area contributed by atoms with E-state index >= 15 is 0 Å². The number of esters is 1. The fourth-order valence-electron chi connectivity index (χ4n) is 1.94. The Morgan fingerprint density at radius 3 is 2.91 bits per heavy atom. The van der Waals surface area contributed by atoms with Crippen molar-refractivity contribution in [3.8, 4) is 5.75 Å². The number of thiophene rings is 1. The smallest absolute Gasteiger partial charge is 0.363 e. The van der Waals surface area contributed by atoms with Crippen LogP contribution in [0.2, 0.25) is 0 Å². The van der Waals surface area contributed by atoms with Gasteiger partial charge in [-0.1, -0.05) is 36.9 Å². The van der Waals surface area contributed by atoms with Crippen LogP contribution in [0.1, 0.15) is 10.4 Å². The van der Waals surface area contributed by atoms with Gasteiger partial charge in [0.05, 0.1) is 4.88 Å². The van der Waals surface area contributed by atoms with Crippen molar-refractivity contribution >= 4 is 29.3 Å². The molecule has 0 aliphatic carbocycles. The zero-order chi connectivity index (χ0) is 15.4. The van der Waals surface area contributed by atoms with Crippen molar-refractivity contribution in [3.05, 3.63) is 70.6 Å². The van der Waals surface area contributed by atoms with Gasteiger partial charge in [-0.2, -0.15) is 0 Å². The van der Waals surface area contributed by atoms with Gasteiger partial charge in [-0.15, -0.1) is 11.3 Å². The Hall–Kier alpha value is -2.66. The van der Waals surface area contributed by atoms with E-state index in [1.54, 1.807) is 12.2 Å². The highest BCUT2D eigenvalue weighted by Gasteiger charge is 2.25. The third-order valence-electron chi connectivity index (χ3n) is 2.92. The van der Waals surface area contributed by atoms with Crippen molar-refractivity contribution in [3.63, 3.8) is 0 Å². The molecule has 0 atom stereocenters. The fourth-order valence-corrected chi connectivity index (χ4v) is 2.59. The standard InChI is InChI=1S/C17H13NO3S/c1-2-9-20-14-7-4-3-6-12(14)11-13-17(19)21-16(18-13)15-8-5-10-22-15/h2-8,10-11H,1,9H2/b13-11+. The zero-order valence-electron chi connectivity index (χ0n) is 11.7. The first-order valence-electron chi connectivity index (χ1n) is 6.67. The summed E-state index contributed by atoms with van der Waals surface area (Å²) >= 11 is 1.47. The van der Waals surface area contributed by atoms with E-state index in [2.05, 4.69) is 11.6 Å². The van der Waals surface area contributed by atoms with Crippen LogP contribution in [0.15, 0.2) is 65.1 Å². The molecule has 3 rings (SSSR count). The molecular weight excluding hydrogens is 298 g/mol. The lowest BCUT2D eigenvalue weighted by Gasteiger charge is -2.06. The maximum absolute atomic E-state index is 12.0. The first-order valence-corrected chi connectivity index (χ1v) is 7.55. The minimum Gasteiger partial charge on any atom is -0.489 e. The number of carbonyl (C=O) groups excluding carboxylic acids is 1. The molecule has 0 bridgehead atoms. The predicted molar refractivity (Wildman–Crippen MR) is 87.1 cm³/mol. The quantitative estimate of drug-likeness (QED) is 0.481. The van der Waals surface area contributed by atoms with Crippen molar-refractivity contribution in [1.29, 1.82) is 0 Å². The van der Waals surface area contributed by atoms with Crippen molar-refractivity contribution in [2.24, 2.45) is 4.99 Å². The Bertz CT molecular complexity index is 760. The molecule has 1 aliphatic rings. The molecule has 5 heteroatoms. The van der Waals surface area contributed by atoms with Crippen LogP contribution >= 0.6 is 11.3 Å². The molecule has 0 spiro atoms. The second-order valence-electron chi connectivity index (χ2n) is 4.45. The monoisotopic (exact) mass is 311 g/mol. The molecule has 1 aliphatic heterocycles. The molecule has 0 N–H and O–H groups in total. The Morgan fingerprint density at radius 2 is 2.14 bits per heavy atom. The third kappa shape index (κ3) is 2.99. The number of para-hydroxylation sites is 1. The maximum Gasteiger partial charge on any atom is 0.363 e. The largest absolute Gasteiger partial charge is 0.489 e. The highest BCUT2D eigenvalue weighted by molar-refractivity contribution is 7.12. The maximum atomic E-state index is 12.0. The molecule has 0 saturated heterocycles. The van der Waals surface area contributed by atoms with E-state index in [0.29, 0.717) is 18.3 Å². The number of rotatable bonds is 5. The lowest BCUT2D eigenvalue weighted by molar-refractivity contribution is -0.129. The first-order chi connectivity index (χ1) is 10.8. The fraction of sp³-hybridized carbons (Fsp3) is 0.0588. The number of cyclic esters (lactones) is 1. The first kappa shape index (κ1) is 14.3. The van der Waals surface area contributed by atoms with Crippen LogP contribution in [-0.4, -0.2) is 18.5 Å². The van der Waals surface area contributed by atoms with Gasteiger partial charge in [-0.3, -0.25) is 0 Å². The minimum absolute atomic E-state index is 0.262. The number of nitrogens with zero attached hydrogens (tertiary/aromatic N) is 1. The number of hydrogen-bond acceptors (Lipinski definition) is 5. The van der Waals surface area contributed by atoms with Gasteiger partial charge >= 0.3 is 5.97 Å². The molecule has 1 aromatic carbocycles. The van der Waals surface area contributed by atoms with Gasteiger partial charge in [0, 0.05) is 5.56 Å². The summed E-state index contributed by atoms with van der Waals surface area (Å²) in [5.41, 5.74) is 1.03. The highest BCUT2D eigenvalue weighted by Crippen LogP contribution is 2.25. The second-order valence-corrected chi connectivity index (χ2v) is 5.40. The molecule has 1 aromatic heterocycles. The molecule has 4 nitrogen and oxygen atoms in total. The van der Waals surface area contributed by atoms with Gasteiger partial charge in [0.25, 0.3) is 0 Å². The van der Waals surface area contributed by atoms with Gasteiger partial charge < -0.3 is 9.47 Å². The molecule has 0 unspecified atom stereocenters. The zero-order valence-corrected chi connectivity index (χ0v) is 12.5. The molecule has 22 heavy (non-hydrogen) atoms. The van der Waals surface area contributed by atoms with E-state index in [1.165, 1.54) is 11.3 Å². The number of aliphatic imine (C=N–C) groups is 1. The van der Waals surface area contributed by atoms with Crippen LogP contribution in [0.5, 0.6) is 5.75 Å². The van der Waals surface area contributed by atoms with Crippen molar-refractivity contribution in [1.82, 2.24) is 0 Å². The van der Waals surface area contributed by atoms with E-state index in [4.69, 9.17) is 9.47 Å². The van der Waals surface area contributed by atoms with Crippen LogP contribution in [0.4, 0.5) is 0 Å². The topological polar surface area (TPSA) is 47.9 Å². The third-order valence-corrected chi connectivity index (χ3v) is 3.78. The predicted octanol–water partition coefficient (Wildman–Crippen LogP) is 3.66. The summed E-state index contributed by atoms with van der Waals surface area (Å²) in [5, 5.41) is 1.91. The van der Waals surface area contributed by atoms with Gasteiger partial charge in [0.2, 0.25) is 5.90 Å². The van der Waals surface area contributed by atoms with Crippen molar-refractivity contribution in [2.75, 3.05) is 6.61 Å². The van der Waals surface area contributed by atoms with Crippen molar-refractivity contribution in [2.45, 2.75) is 0 Å². The molecule has 2 aromatic rings. The van der Waals surface area contributed by atoms with E-state index in [0.717, 1.165) is 10.4 Å². The summed E-state index contributed by atoms with van der Waals surface area (Å²) < 4.78 is 10.8. The Balaban J connectivity index is 1.92. The second kappa shape index (κ2) is 6.41. The summed E-state index contributed by atoms with van der Waals surface area (Å²) in [5.74, 6) is 0.556. The summed E-state index contributed by atoms with van der Waals surface area (Å²) in [6.07, 6.45) is 3.34. The summed E-state index contributed by atoms with van der Waals surface area (Å²) in [6, 6.07) is 11.2. The van der Waals surface area contributed by atoms with E-state index in [-0.39, 0.29) is 5.70 Å². The van der Waals surface area contributed by atoms with Crippen LogP contribution in [0.25, 0.3) is 6.08 Å². The molecule has 0 radical (unpaired) electrons. The van der Waals surface area contributed by atoms with Gasteiger partial charge in [0.15, 0.2) is 5.70 Å². The van der Waals surface area contributed by atoms with Crippen molar-refractivity contribution < 1.29 is 14.3 Å². The summed E-state index contributed by atoms with van der Waals surface area (Å²) in [7, 11) is 0. The average Bonchev–Trinajstić information content (AvgIpc) is 3.17. The van der Waals surface area contributed by atoms with E-state index in [9.17, 15) is 4.79 Å². The number of ether oxygens (including phenoxy) is 2. The van der Waals surface area contributed by atoms with Crippen LogP contribution in [0, 0.1) is 0 Å². The molecule has 110 valence electrons. The SMILES string of the molecule is C=CCOc1ccccc1/C=C1/N=C(c2cccs2)OC1=O. The number of hydrogen-bond donors (Lipinski definition) is 0. The lowest BCUT2D eigenvalue weighted by Crippen LogP contribution is -2.03. The highest BCUT2D eigenvalue weighted by atomic mass is 32.1. The van der Waals surface area contributed by atoms with Gasteiger partial charge in [0.1, 0.15) is 12.4 Å². The Morgan fingerprint density at radius 1 is 1.27 bits per heavy atom. The summed E-state index contributed by atoms with van der Waals surface area (Å²) in [4.78, 5) is 17.0. The van der Waals surface area contributed by atoms with Gasteiger partial charge in [-0.05, 0) is 23.6 Å². The van der Waals surface area contributed by atoms with E-state index in [1.807, 2.05) is 41.8 Å². The molecule has 0 fully saturated rings. The number of carbonyl (C=O) groups is 1. The van der Waals surface area contributed by atoms with E-state index < -0.39 is 5.97 Å². The molecular formula is C17H13NO3S. The van der Waals surface area contributed by atoms with Gasteiger partial charge in [-0.25, -0.2) is 9.79 Å². The molecule has 2 heterocycles. The normalized spacial score (nSPS) is 15.5. The van der Waals surface area contributed by atoms with Crippen LogP contribution in [-0.2, 0) is 9.53 Å². The minimum atomic E-state index is -0.457. The van der Waals surface area contributed by atoms with Crippen LogP contribution in [0.3, 0.4) is 0 Å². The van der Waals surface area contributed by atoms with Crippen LogP contribution < -0.4 is 4.74 Å².